The molecule has 2 aromatic heterocycles. The number of nitrogens with zero attached hydrogens (tertiary/aromatic N) is 6. The normalized spacial score (nSPS) is 22.1. The number of likely N-dealkylation sites (tertiary alicyclic amines) is 1. The summed E-state index contributed by atoms with van der Waals surface area (Å²) in [6.07, 6.45) is 6.27. The second kappa shape index (κ2) is 6.58. The van der Waals surface area contributed by atoms with Crippen LogP contribution in [0.15, 0.2) is 42.9 Å². The summed E-state index contributed by atoms with van der Waals surface area (Å²) in [4.78, 5) is 30.8. The molecule has 2 aliphatic heterocycles. The van der Waals surface area contributed by atoms with Crippen LogP contribution in [0.25, 0.3) is 11.2 Å². The predicted octanol–water partition coefficient (Wildman–Crippen LogP) is 2.03. The quantitative estimate of drug-likeness (QED) is 0.697. The van der Waals surface area contributed by atoms with Gasteiger partial charge in [-0.15, -0.1) is 0 Å². The number of hydrogen-bond acceptors (Lipinski definition) is 5. The summed E-state index contributed by atoms with van der Waals surface area (Å²) in [6, 6.07) is 10.4. The molecule has 0 N–H and O–H groups in total. The van der Waals surface area contributed by atoms with Crippen LogP contribution in [0.1, 0.15) is 18.4 Å². The summed E-state index contributed by atoms with van der Waals surface area (Å²) >= 11 is 0. The molecule has 1 unspecified atom stereocenters. The molecule has 0 radical (unpaired) electrons. The Kier molecular flexibility index (Phi) is 4.03. The van der Waals surface area contributed by atoms with Crippen LogP contribution >= 0.6 is 0 Å². The number of amides is 1. The van der Waals surface area contributed by atoms with Crippen LogP contribution in [0.5, 0.6) is 0 Å². The minimum Gasteiger partial charge on any atom is -0.342 e. The Morgan fingerprint density at radius 1 is 1.11 bits per heavy atom. The number of carbonyl (C=O) groups excluding carboxylic acids is 1. The third-order valence-electron chi connectivity index (χ3n) is 6.22. The Hall–Kier alpha value is -2.96. The number of fused-ring (bicyclic) bond motifs is 1. The molecule has 1 aromatic carbocycles. The number of anilines is 1. The first kappa shape index (κ1) is 17.2. The fourth-order valence-corrected chi connectivity index (χ4v) is 4.49. The zero-order valence-electron chi connectivity index (χ0n) is 16.1. The van der Waals surface area contributed by atoms with Crippen LogP contribution < -0.4 is 4.90 Å². The number of aromatic nitrogens is 4. The van der Waals surface area contributed by atoms with Crippen molar-refractivity contribution in [3.05, 3.63) is 48.4 Å². The van der Waals surface area contributed by atoms with Crippen molar-refractivity contribution in [2.45, 2.75) is 19.3 Å². The molecule has 2 saturated heterocycles. The summed E-state index contributed by atoms with van der Waals surface area (Å²) in [5.74, 6) is 0.975. The van der Waals surface area contributed by atoms with Crippen LogP contribution in [-0.4, -0.2) is 56.5 Å². The molecule has 28 heavy (non-hydrogen) atoms. The van der Waals surface area contributed by atoms with Gasteiger partial charge in [0.05, 0.1) is 17.9 Å². The lowest BCUT2D eigenvalue weighted by molar-refractivity contribution is -0.135. The zero-order valence-corrected chi connectivity index (χ0v) is 16.1. The lowest BCUT2D eigenvalue weighted by Gasteiger charge is -2.23. The van der Waals surface area contributed by atoms with Gasteiger partial charge < -0.3 is 14.4 Å². The molecule has 7 nitrogen and oxygen atoms in total. The molecular weight excluding hydrogens is 352 g/mol. The van der Waals surface area contributed by atoms with Crippen molar-refractivity contribution in [3.8, 4) is 0 Å². The van der Waals surface area contributed by atoms with E-state index in [-0.39, 0.29) is 5.41 Å². The van der Waals surface area contributed by atoms with Gasteiger partial charge in [0, 0.05) is 33.2 Å². The molecule has 4 heterocycles. The number of carbonyl (C=O) groups is 1. The van der Waals surface area contributed by atoms with E-state index >= 15 is 0 Å². The second-order valence-electron chi connectivity index (χ2n) is 7.96. The Morgan fingerprint density at radius 2 is 1.93 bits per heavy atom. The van der Waals surface area contributed by atoms with Crippen LogP contribution in [-0.2, 0) is 18.3 Å². The van der Waals surface area contributed by atoms with Crippen molar-refractivity contribution in [1.82, 2.24) is 24.4 Å². The molecule has 1 atom stereocenters. The van der Waals surface area contributed by atoms with Crippen LogP contribution in [0.4, 0.5) is 5.95 Å². The van der Waals surface area contributed by atoms with Gasteiger partial charge in [-0.25, -0.2) is 9.97 Å². The molecule has 0 saturated carbocycles. The first-order chi connectivity index (χ1) is 13.6. The molecule has 0 aliphatic carbocycles. The SMILES string of the molecule is Cn1cnc2nc(N3CCC4(CCN(CCc5ccccc5)C4=O)C3)ncc21. The van der Waals surface area contributed by atoms with Crippen molar-refractivity contribution in [1.29, 1.82) is 0 Å². The fraction of sp³-hybridized carbons (Fsp3) is 0.429. The van der Waals surface area contributed by atoms with Crippen LogP contribution in [0.3, 0.4) is 0 Å². The third kappa shape index (κ3) is 2.82. The van der Waals surface area contributed by atoms with Crippen molar-refractivity contribution < 1.29 is 4.79 Å². The standard InChI is InChI=1S/C21H24N6O/c1-25-15-23-18-17(25)13-22-20(24-18)27-12-9-21(14-27)8-11-26(19(21)28)10-7-16-5-3-2-4-6-16/h2-6,13,15H,7-12,14H2,1H3. The first-order valence-corrected chi connectivity index (χ1v) is 9.87. The van der Waals surface area contributed by atoms with E-state index < -0.39 is 0 Å². The van der Waals surface area contributed by atoms with Gasteiger partial charge in [0.1, 0.15) is 5.52 Å². The number of rotatable bonds is 4. The van der Waals surface area contributed by atoms with E-state index in [1.165, 1.54) is 5.56 Å². The predicted molar refractivity (Wildman–Crippen MR) is 107 cm³/mol. The molecule has 1 spiro atoms. The monoisotopic (exact) mass is 376 g/mol. The van der Waals surface area contributed by atoms with Crippen LogP contribution in [0.2, 0.25) is 0 Å². The Bertz CT molecular complexity index is 1020. The van der Waals surface area contributed by atoms with E-state index in [1.54, 1.807) is 6.33 Å². The van der Waals surface area contributed by atoms with Gasteiger partial charge in [-0.05, 0) is 24.8 Å². The highest BCUT2D eigenvalue weighted by Crippen LogP contribution is 2.41. The summed E-state index contributed by atoms with van der Waals surface area (Å²) in [7, 11) is 1.93. The lowest BCUT2D eigenvalue weighted by atomic mass is 9.85. The van der Waals surface area contributed by atoms with E-state index in [1.807, 2.05) is 28.8 Å². The van der Waals surface area contributed by atoms with Gasteiger partial charge in [-0.1, -0.05) is 30.3 Å². The first-order valence-electron chi connectivity index (χ1n) is 9.87. The molecule has 3 aromatic rings. The number of aryl methyl sites for hydroxylation is 1. The largest absolute Gasteiger partial charge is 0.342 e. The average Bonchev–Trinajstić information content (AvgIpc) is 3.41. The third-order valence-corrected chi connectivity index (χ3v) is 6.22. The highest BCUT2D eigenvalue weighted by molar-refractivity contribution is 5.86. The maximum Gasteiger partial charge on any atom is 0.230 e. The van der Waals surface area contributed by atoms with Gasteiger partial charge in [-0.3, -0.25) is 4.79 Å². The molecule has 144 valence electrons. The van der Waals surface area contributed by atoms with Crippen molar-refractivity contribution in [3.63, 3.8) is 0 Å². The van der Waals surface area contributed by atoms with E-state index in [9.17, 15) is 4.79 Å². The second-order valence-corrected chi connectivity index (χ2v) is 7.96. The van der Waals surface area contributed by atoms with Crippen LogP contribution in [0, 0.1) is 5.41 Å². The minimum atomic E-state index is -0.279. The Labute approximate surface area is 164 Å². The van der Waals surface area contributed by atoms with Crippen molar-refractivity contribution >= 4 is 23.0 Å². The van der Waals surface area contributed by atoms with Gasteiger partial charge in [0.25, 0.3) is 0 Å². The van der Waals surface area contributed by atoms with Gasteiger partial charge in [0.15, 0.2) is 5.65 Å². The van der Waals surface area contributed by atoms with E-state index in [0.29, 0.717) is 24.0 Å². The van der Waals surface area contributed by atoms with Gasteiger partial charge in [-0.2, -0.15) is 4.98 Å². The molecule has 1 amide bonds. The number of benzene rings is 1. The zero-order chi connectivity index (χ0) is 19.1. The highest BCUT2D eigenvalue weighted by Gasteiger charge is 2.51. The smallest absolute Gasteiger partial charge is 0.230 e. The minimum absolute atomic E-state index is 0.279. The number of hydrogen-bond donors (Lipinski definition) is 0. The maximum absolute atomic E-state index is 13.2. The summed E-state index contributed by atoms with van der Waals surface area (Å²) < 4.78 is 1.91. The summed E-state index contributed by atoms with van der Waals surface area (Å²) in [5, 5.41) is 0. The summed E-state index contributed by atoms with van der Waals surface area (Å²) in [6.45, 7) is 3.16. The summed E-state index contributed by atoms with van der Waals surface area (Å²) in [5.41, 5.74) is 2.62. The molecular formula is C21H24N6O. The molecule has 7 heteroatoms. The number of imidazole rings is 1. The van der Waals surface area contributed by atoms with Gasteiger partial charge in [0.2, 0.25) is 11.9 Å². The Morgan fingerprint density at radius 3 is 2.79 bits per heavy atom. The molecule has 2 fully saturated rings. The van der Waals surface area contributed by atoms with E-state index in [0.717, 1.165) is 44.4 Å². The Balaban J connectivity index is 1.28. The average molecular weight is 376 g/mol. The lowest BCUT2D eigenvalue weighted by Crippen LogP contribution is -2.38. The highest BCUT2D eigenvalue weighted by atomic mass is 16.2. The topological polar surface area (TPSA) is 67.2 Å². The van der Waals surface area contributed by atoms with E-state index in [2.05, 4.69) is 44.1 Å². The molecule has 2 aliphatic rings. The molecule has 0 bridgehead atoms. The molecule has 5 rings (SSSR count). The van der Waals surface area contributed by atoms with Gasteiger partial charge >= 0.3 is 0 Å². The van der Waals surface area contributed by atoms with Crippen molar-refractivity contribution in [2.24, 2.45) is 12.5 Å². The maximum atomic E-state index is 13.2. The van der Waals surface area contributed by atoms with Crippen molar-refractivity contribution in [2.75, 3.05) is 31.1 Å². The fourth-order valence-electron chi connectivity index (χ4n) is 4.49. The van der Waals surface area contributed by atoms with E-state index in [4.69, 9.17) is 0 Å².